The highest BCUT2D eigenvalue weighted by molar-refractivity contribution is 7.88. The molecule has 1 aromatic rings. The molecule has 1 saturated carbocycles. The smallest absolute Gasteiger partial charge is 0.224 e. The summed E-state index contributed by atoms with van der Waals surface area (Å²) in [7, 11) is -3.25. The highest BCUT2D eigenvalue weighted by Gasteiger charge is 2.29. The Morgan fingerprint density at radius 2 is 1.95 bits per heavy atom. The van der Waals surface area contributed by atoms with Gasteiger partial charge in [0.25, 0.3) is 0 Å². The van der Waals surface area contributed by atoms with Crippen LogP contribution in [-0.4, -0.2) is 38.6 Å². The normalized spacial score (nSPS) is 16.3. The van der Waals surface area contributed by atoms with Gasteiger partial charge in [0, 0.05) is 19.5 Å². The first-order chi connectivity index (χ1) is 10.4. The van der Waals surface area contributed by atoms with Crippen LogP contribution < -0.4 is 4.72 Å². The fraction of sp³-hybridized carbons (Fsp3) is 0.562. The van der Waals surface area contributed by atoms with Gasteiger partial charge in [0.1, 0.15) is 0 Å². The monoisotopic (exact) mass is 324 g/mol. The Hall–Kier alpha value is -1.40. The lowest BCUT2D eigenvalue weighted by Gasteiger charge is -2.30. The molecule has 5 nitrogen and oxygen atoms in total. The van der Waals surface area contributed by atoms with Crippen molar-refractivity contribution in [2.24, 2.45) is 5.92 Å². The zero-order valence-corrected chi connectivity index (χ0v) is 14.0. The van der Waals surface area contributed by atoms with Gasteiger partial charge in [-0.2, -0.15) is 0 Å². The van der Waals surface area contributed by atoms with E-state index in [-0.39, 0.29) is 24.9 Å². The van der Waals surface area contributed by atoms with Gasteiger partial charge in [-0.3, -0.25) is 4.79 Å². The molecule has 1 atom stereocenters. The van der Waals surface area contributed by atoms with E-state index in [1.165, 1.54) is 12.8 Å². The van der Waals surface area contributed by atoms with Crippen LogP contribution in [0.2, 0.25) is 0 Å². The van der Waals surface area contributed by atoms with E-state index in [9.17, 15) is 13.2 Å². The Labute approximate surface area is 132 Å². The molecule has 6 heteroatoms. The highest BCUT2D eigenvalue weighted by atomic mass is 32.2. The zero-order valence-electron chi connectivity index (χ0n) is 13.2. The van der Waals surface area contributed by atoms with Crippen LogP contribution in [0.1, 0.15) is 37.8 Å². The number of carbonyl (C=O) groups excluding carboxylic acids is 1. The maximum absolute atomic E-state index is 12.5. The molecule has 0 aromatic heterocycles. The molecule has 1 fully saturated rings. The van der Waals surface area contributed by atoms with Crippen molar-refractivity contribution in [2.45, 2.75) is 32.2 Å². The van der Waals surface area contributed by atoms with E-state index in [0.717, 1.165) is 18.4 Å². The van der Waals surface area contributed by atoms with Gasteiger partial charge in [0.2, 0.25) is 15.9 Å². The summed E-state index contributed by atoms with van der Waals surface area (Å²) >= 11 is 0. The van der Waals surface area contributed by atoms with Crippen LogP contribution in [-0.2, 0) is 14.8 Å². The first-order valence-corrected chi connectivity index (χ1v) is 9.55. The van der Waals surface area contributed by atoms with E-state index >= 15 is 0 Å². The molecule has 122 valence electrons. The number of hydrogen-bond acceptors (Lipinski definition) is 3. The van der Waals surface area contributed by atoms with Crippen molar-refractivity contribution in [1.82, 2.24) is 9.62 Å². The van der Waals surface area contributed by atoms with Crippen molar-refractivity contribution in [1.29, 1.82) is 0 Å². The minimum absolute atomic E-state index is 0.000553. The summed E-state index contributed by atoms with van der Waals surface area (Å²) in [5, 5.41) is 0. The van der Waals surface area contributed by atoms with Crippen molar-refractivity contribution in [3.05, 3.63) is 35.9 Å². The van der Waals surface area contributed by atoms with Gasteiger partial charge in [-0.25, -0.2) is 13.1 Å². The third-order valence-corrected chi connectivity index (χ3v) is 4.65. The summed E-state index contributed by atoms with van der Waals surface area (Å²) in [5.41, 5.74) is 1.10. The molecule has 1 aromatic carbocycles. The van der Waals surface area contributed by atoms with Crippen molar-refractivity contribution in [2.75, 3.05) is 19.3 Å². The van der Waals surface area contributed by atoms with Crippen molar-refractivity contribution < 1.29 is 13.2 Å². The van der Waals surface area contributed by atoms with Gasteiger partial charge in [0.15, 0.2) is 0 Å². The molecule has 1 N–H and O–H groups in total. The maximum Gasteiger partial charge on any atom is 0.224 e. The fourth-order valence-electron chi connectivity index (χ4n) is 2.45. The van der Waals surface area contributed by atoms with Crippen LogP contribution in [0.15, 0.2) is 30.3 Å². The number of benzene rings is 1. The predicted molar refractivity (Wildman–Crippen MR) is 86.8 cm³/mol. The third-order valence-electron chi connectivity index (χ3n) is 3.92. The number of carbonyl (C=O) groups is 1. The summed E-state index contributed by atoms with van der Waals surface area (Å²) in [6.07, 6.45) is 3.64. The number of amides is 1. The molecule has 0 radical (unpaired) electrons. The van der Waals surface area contributed by atoms with Gasteiger partial charge in [-0.15, -0.1) is 0 Å². The summed E-state index contributed by atoms with van der Waals surface area (Å²) in [4.78, 5) is 14.4. The second-order valence-electron chi connectivity index (χ2n) is 5.99. The lowest BCUT2D eigenvalue weighted by Crippen LogP contribution is -2.37. The zero-order chi connectivity index (χ0) is 16.2. The Bertz CT molecular complexity index is 597. The lowest BCUT2D eigenvalue weighted by atomic mass is 10.1. The van der Waals surface area contributed by atoms with Gasteiger partial charge >= 0.3 is 0 Å². The van der Waals surface area contributed by atoms with E-state index in [4.69, 9.17) is 0 Å². The Balaban J connectivity index is 2.00. The molecule has 1 aliphatic rings. The first-order valence-electron chi connectivity index (χ1n) is 7.66. The van der Waals surface area contributed by atoms with Crippen LogP contribution in [0.5, 0.6) is 0 Å². The SMILES string of the molecule is C[C@@H](c1ccccc1)N(CC1CC1)C(=O)CCNS(C)(=O)=O. The molecular formula is C16H24N2O3S. The van der Waals surface area contributed by atoms with Gasteiger partial charge in [-0.05, 0) is 31.2 Å². The molecule has 0 heterocycles. The largest absolute Gasteiger partial charge is 0.336 e. The number of hydrogen-bond donors (Lipinski definition) is 1. The van der Waals surface area contributed by atoms with Crippen LogP contribution >= 0.6 is 0 Å². The molecule has 22 heavy (non-hydrogen) atoms. The Morgan fingerprint density at radius 1 is 1.32 bits per heavy atom. The average Bonchev–Trinajstić information content (AvgIpc) is 3.27. The van der Waals surface area contributed by atoms with Crippen LogP contribution in [0.3, 0.4) is 0 Å². The summed E-state index contributed by atoms with van der Waals surface area (Å²) in [5.74, 6) is 0.595. The topological polar surface area (TPSA) is 66.5 Å². The minimum atomic E-state index is -3.25. The van der Waals surface area contributed by atoms with Crippen LogP contribution in [0.25, 0.3) is 0 Å². The Kier molecular flexibility index (Phi) is 5.58. The van der Waals surface area contributed by atoms with Crippen LogP contribution in [0.4, 0.5) is 0 Å². The Morgan fingerprint density at radius 3 is 2.50 bits per heavy atom. The summed E-state index contributed by atoms with van der Waals surface area (Å²) < 4.78 is 24.6. The molecular weight excluding hydrogens is 300 g/mol. The van der Waals surface area contributed by atoms with E-state index in [0.29, 0.717) is 5.92 Å². The molecule has 0 unspecified atom stereocenters. The number of rotatable bonds is 8. The van der Waals surface area contributed by atoms with E-state index in [1.807, 2.05) is 42.2 Å². The van der Waals surface area contributed by atoms with E-state index in [1.54, 1.807) is 0 Å². The molecule has 0 saturated heterocycles. The molecule has 0 spiro atoms. The van der Waals surface area contributed by atoms with E-state index < -0.39 is 10.0 Å². The number of sulfonamides is 1. The number of nitrogens with zero attached hydrogens (tertiary/aromatic N) is 1. The van der Waals surface area contributed by atoms with E-state index in [2.05, 4.69) is 4.72 Å². The third kappa shape index (κ3) is 5.42. The lowest BCUT2D eigenvalue weighted by molar-refractivity contribution is -0.133. The molecule has 0 aliphatic heterocycles. The second-order valence-corrected chi connectivity index (χ2v) is 7.83. The maximum atomic E-state index is 12.5. The van der Waals surface area contributed by atoms with Crippen LogP contribution in [0, 0.1) is 5.92 Å². The summed E-state index contributed by atoms with van der Waals surface area (Å²) in [6.45, 7) is 2.94. The van der Waals surface area contributed by atoms with Crippen molar-refractivity contribution >= 4 is 15.9 Å². The highest BCUT2D eigenvalue weighted by Crippen LogP contribution is 2.33. The van der Waals surface area contributed by atoms with Crippen molar-refractivity contribution in [3.63, 3.8) is 0 Å². The molecule has 0 bridgehead atoms. The number of nitrogens with one attached hydrogen (secondary N) is 1. The average molecular weight is 324 g/mol. The van der Waals surface area contributed by atoms with Gasteiger partial charge in [-0.1, -0.05) is 30.3 Å². The standard InChI is InChI=1S/C16H24N2O3S/c1-13(15-6-4-3-5-7-15)18(12-14-8-9-14)16(19)10-11-17-22(2,20)21/h3-7,13-14,17H,8-12H2,1-2H3/t13-/m0/s1. The first kappa shape index (κ1) is 17.0. The molecule has 1 aliphatic carbocycles. The molecule has 1 amide bonds. The van der Waals surface area contributed by atoms with Gasteiger partial charge in [0.05, 0.1) is 12.3 Å². The fourth-order valence-corrected chi connectivity index (χ4v) is 2.93. The predicted octanol–water partition coefficient (Wildman–Crippen LogP) is 1.93. The summed E-state index contributed by atoms with van der Waals surface area (Å²) in [6, 6.07) is 9.94. The van der Waals surface area contributed by atoms with Gasteiger partial charge < -0.3 is 4.90 Å². The second kappa shape index (κ2) is 7.24. The van der Waals surface area contributed by atoms with Crippen molar-refractivity contribution in [3.8, 4) is 0 Å². The minimum Gasteiger partial charge on any atom is -0.336 e. The molecule has 2 rings (SSSR count). The quantitative estimate of drug-likeness (QED) is 0.794.